The van der Waals surface area contributed by atoms with Crippen LogP contribution in [0.15, 0.2) is 30.3 Å². The van der Waals surface area contributed by atoms with Crippen LogP contribution in [0.25, 0.3) is 0 Å². The summed E-state index contributed by atoms with van der Waals surface area (Å²) in [4.78, 5) is 11.9. The maximum absolute atomic E-state index is 13.6. The first kappa shape index (κ1) is 20.3. The van der Waals surface area contributed by atoms with Crippen molar-refractivity contribution in [1.29, 1.82) is 0 Å². The summed E-state index contributed by atoms with van der Waals surface area (Å²) in [6, 6.07) is 4.44. The maximum Gasteiger partial charge on any atom is 0.417 e. The molecule has 26 heavy (non-hydrogen) atoms. The third kappa shape index (κ3) is 4.60. The van der Waals surface area contributed by atoms with Crippen molar-refractivity contribution in [2.75, 3.05) is 5.32 Å². The van der Waals surface area contributed by atoms with Gasteiger partial charge in [-0.1, -0.05) is 29.3 Å². The molecular weight excluding hydrogens is 422 g/mol. The third-order valence-corrected chi connectivity index (χ3v) is 3.84. The number of nitrogens with one attached hydrogen (secondary N) is 2. The number of carbonyl (C=O) groups excluding carboxylic acids is 1. The highest BCUT2D eigenvalue weighted by Crippen LogP contribution is 2.40. The Hall–Kier alpha value is -1.97. The molecule has 2 rings (SSSR count). The lowest BCUT2D eigenvalue weighted by Gasteiger charge is -2.15. The highest BCUT2D eigenvalue weighted by atomic mass is 35.5. The monoisotopic (exact) mass is 428 g/mol. The average Bonchev–Trinajstić information content (AvgIpc) is 2.49. The fourth-order valence-electron chi connectivity index (χ4n) is 1.92. The van der Waals surface area contributed by atoms with E-state index in [-0.39, 0.29) is 10.7 Å². The quantitative estimate of drug-likeness (QED) is 0.495. The molecule has 0 aliphatic carbocycles. The van der Waals surface area contributed by atoms with Gasteiger partial charge < -0.3 is 5.32 Å². The van der Waals surface area contributed by atoms with Crippen LogP contribution >= 0.6 is 35.4 Å². The van der Waals surface area contributed by atoms with Crippen molar-refractivity contribution in [2.24, 2.45) is 0 Å². The Morgan fingerprint density at radius 1 is 1.08 bits per heavy atom. The molecule has 2 aromatic carbocycles. The fraction of sp³-hybridized carbons (Fsp3) is 0.0667. The van der Waals surface area contributed by atoms with Gasteiger partial charge in [0, 0.05) is 5.02 Å². The second-order valence-corrected chi connectivity index (χ2v) is 6.04. The lowest BCUT2D eigenvalue weighted by atomic mass is 10.2. The summed E-state index contributed by atoms with van der Waals surface area (Å²) >= 11 is 16.1. The van der Waals surface area contributed by atoms with Crippen LogP contribution in [0.5, 0.6) is 0 Å². The number of halogens is 7. The first-order chi connectivity index (χ1) is 12.0. The van der Waals surface area contributed by atoms with Gasteiger partial charge in [0.15, 0.2) is 5.11 Å². The van der Waals surface area contributed by atoms with E-state index in [1.807, 2.05) is 5.32 Å². The van der Waals surface area contributed by atoms with E-state index >= 15 is 0 Å². The van der Waals surface area contributed by atoms with Gasteiger partial charge in [-0.05, 0) is 36.5 Å². The van der Waals surface area contributed by atoms with Gasteiger partial charge in [-0.2, -0.15) is 13.2 Å². The van der Waals surface area contributed by atoms with Gasteiger partial charge in [0.25, 0.3) is 5.91 Å². The van der Waals surface area contributed by atoms with E-state index in [0.29, 0.717) is 6.07 Å². The molecule has 0 radical (unpaired) electrons. The van der Waals surface area contributed by atoms with Crippen molar-refractivity contribution in [3.8, 4) is 0 Å². The van der Waals surface area contributed by atoms with Gasteiger partial charge in [-0.15, -0.1) is 0 Å². The SMILES string of the molecule is O=C(NC(=S)Nc1cc(Cl)cc(C(F)(F)F)c1Cl)c1c(F)cccc1F. The van der Waals surface area contributed by atoms with Gasteiger partial charge in [0.1, 0.15) is 17.2 Å². The van der Waals surface area contributed by atoms with E-state index in [4.69, 9.17) is 35.4 Å². The molecule has 0 aliphatic rings. The molecule has 11 heteroatoms. The molecule has 1 amide bonds. The van der Waals surface area contributed by atoms with E-state index in [0.717, 1.165) is 24.3 Å². The first-order valence-electron chi connectivity index (χ1n) is 6.63. The third-order valence-electron chi connectivity index (χ3n) is 3.01. The fourth-order valence-corrected chi connectivity index (χ4v) is 2.60. The first-order valence-corrected chi connectivity index (χ1v) is 7.79. The second-order valence-electron chi connectivity index (χ2n) is 4.82. The molecular formula is C15H7Cl2F5N2OS. The number of carbonyl (C=O) groups is 1. The molecule has 3 nitrogen and oxygen atoms in total. The maximum atomic E-state index is 13.6. The topological polar surface area (TPSA) is 41.1 Å². The largest absolute Gasteiger partial charge is 0.417 e. The van der Waals surface area contributed by atoms with Crippen LogP contribution < -0.4 is 10.6 Å². The summed E-state index contributed by atoms with van der Waals surface area (Å²) in [6.07, 6.45) is -4.78. The minimum Gasteiger partial charge on any atom is -0.331 e. The van der Waals surface area contributed by atoms with Crippen molar-refractivity contribution >= 4 is 52.1 Å². The van der Waals surface area contributed by atoms with Gasteiger partial charge in [-0.3, -0.25) is 10.1 Å². The van der Waals surface area contributed by atoms with Gasteiger partial charge in [0.05, 0.1) is 16.3 Å². The number of alkyl halides is 3. The molecule has 0 atom stereocenters. The smallest absolute Gasteiger partial charge is 0.331 e. The van der Waals surface area contributed by atoms with E-state index in [9.17, 15) is 26.7 Å². The van der Waals surface area contributed by atoms with Crippen LogP contribution in [0, 0.1) is 11.6 Å². The van der Waals surface area contributed by atoms with Crippen LogP contribution in [-0.4, -0.2) is 11.0 Å². The number of amides is 1. The Bertz CT molecular complexity index is 869. The Morgan fingerprint density at radius 3 is 2.19 bits per heavy atom. The molecule has 2 aromatic rings. The minimum atomic E-state index is -4.78. The highest BCUT2D eigenvalue weighted by Gasteiger charge is 2.34. The molecule has 0 unspecified atom stereocenters. The summed E-state index contributed by atoms with van der Waals surface area (Å²) in [5.41, 5.74) is -2.46. The zero-order valence-electron chi connectivity index (χ0n) is 12.3. The molecule has 0 saturated heterocycles. The van der Waals surface area contributed by atoms with Crippen LogP contribution in [0.4, 0.5) is 27.6 Å². The lowest BCUT2D eigenvalue weighted by Crippen LogP contribution is -2.35. The molecule has 0 aliphatic heterocycles. The van der Waals surface area contributed by atoms with Crippen molar-refractivity contribution in [2.45, 2.75) is 6.18 Å². The predicted molar refractivity (Wildman–Crippen MR) is 91.5 cm³/mol. The Labute approximate surface area is 159 Å². The van der Waals surface area contributed by atoms with Gasteiger partial charge in [-0.25, -0.2) is 8.78 Å². The molecule has 2 N–H and O–H groups in total. The van der Waals surface area contributed by atoms with E-state index in [2.05, 4.69) is 5.32 Å². The number of hydrogen-bond acceptors (Lipinski definition) is 2. The molecule has 0 saturated carbocycles. The summed E-state index contributed by atoms with van der Waals surface area (Å²) in [6.45, 7) is 0. The van der Waals surface area contributed by atoms with Crippen molar-refractivity contribution in [3.05, 3.63) is 63.1 Å². The average molecular weight is 429 g/mol. The molecule has 0 heterocycles. The Morgan fingerprint density at radius 2 is 1.65 bits per heavy atom. The Balaban J connectivity index is 2.23. The number of rotatable bonds is 2. The van der Waals surface area contributed by atoms with Crippen LogP contribution in [-0.2, 0) is 6.18 Å². The number of hydrogen-bond donors (Lipinski definition) is 2. The summed E-state index contributed by atoms with van der Waals surface area (Å²) in [5.74, 6) is -3.50. The molecule has 0 fully saturated rings. The molecule has 0 aromatic heterocycles. The van der Waals surface area contributed by atoms with Gasteiger partial charge >= 0.3 is 6.18 Å². The highest BCUT2D eigenvalue weighted by molar-refractivity contribution is 7.80. The van der Waals surface area contributed by atoms with E-state index in [1.54, 1.807) is 0 Å². The zero-order chi connectivity index (χ0) is 19.6. The van der Waals surface area contributed by atoms with Crippen LogP contribution in [0.3, 0.4) is 0 Å². The molecule has 138 valence electrons. The summed E-state index contributed by atoms with van der Waals surface area (Å²) in [5, 5.41) is 2.63. The molecule has 0 bridgehead atoms. The zero-order valence-corrected chi connectivity index (χ0v) is 14.7. The van der Waals surface area contributed by atoms with Crippen molar-refractivity contribution < 1.29 is 26.7 Å². The standard InChI is InChI=1S/C15H7Cl2F5N2OS/c16-6-4-7(15(20,21)22)12(17)10(5-6)23-14(26)24-13(25)11-8(18)2-1-3-9(11)19/h1-5H,(H2,23,24,25,26). The normalized spacial score (nSPS) is 11.2. The number of anilines is 1. The number of thiocarbonyl (C=S) groups is 1. The summed E-state index contributed by atoms with van der Waals surface area (Å²) < 4.78 is 65.8. The lowest BCUT2D eigenvalue weighted by molar-refractivity contribution is -0.137. The van der Waals surface area contributed by atoms with Crippen LogP contribution in [0.2, 0.25) is 10.0 Å². The predicted octanol–water partition coefficient (Wildman–Crippen LogP) is 5.42. The van der Waals surface area contributed by atoms with Crippen molar-refractivity contribution in [3.63, 3.8) is 0 Å². The van der Waals surface area contributed by atoms with Crippen molar-refractivity contribution in [1.82, 2.24) is 5.32 Å². The summed E-state index contributed by atoms with van der Waals surface area (Å²) in [7, 11) is 0. The minimum absolute atomic E-state index is 0.293. The van der Waals surface area contributed by atoms with E-state index in [1.165, 1.54) is 0 Å². The molecule has 0 spiro atoms. The van der Waals surface area contributed by atoms with E-state index < -0.39 is 45.0 Å². The second kappa shape index (κ2) is 7.73. The number of benzene rings is 2. The van der Waals surface area contributed by atoms with Gasteiger partial charge in [0.2, 0.25) is 0 Å². The van der Waals surface area contributed by atoms with Crippen LogP contribution in [0.1, 0.15) is 15.9 Å². The Kier molecular flexibility index (Phi) is 6.05.